The lowest BCUT2D eigenvalue weighted by atomic mass is 9.93. The third kappa shape index (κ3) is 5.22. The Labute approximate surface area is 267 Å². The lowest BCUT2D eigenvalue weighted by molar-refractivity contribution is -0.0903. The molecule has 6 atom stereocenters. The van der Waals surface area contributed by atoms with Gasteiger partial charge in [0.25, 0.3) is 0 Å². The van der Waals surface area contributed by atoms with Crippen LogP contribution in [0.2, 0.25) is 0 Å². The van der Waals surface area contributed by atoms with Gasteiger partial charge >= 0.3 is 6.01 Å². The zero-order valence-corrected chi connectivity index (χ0v) is 25.7. The van der Waals surface area contributed by atoms with Crippen molar-refractivity contribution < 1.29 is 43.4 Å². The Hall–Kier alpha value is -3.82. The van der Waals surface area contributed by atoms with E-state index in [-0.39, 0.29) is 65.7 Å². The van der Waals surface area contributed by atoms with Crippen LogP contribution in [0, 0.1) is 11.6 Å². The Bertz CT molecular complexity index is 1850. The maximum atomic E-state index is 16.8. The largest absolute Gasteiger partial charge is 0.508 e. The summed E-state index contributed by atoms with van der Waals surface area (Å²) in [5, 5.41) is 53.3. The predicted molar refractivity (Wildman–Crippen MR) is 166 cm³/mol. The minimum atomic E-state index is -1.58. The molecule has 2 aromatic carbocycles. The van der Waals surface area contributed by atoms with Crippen LogP contribution in [0.3, 0.4) is 0 Å². The number of β-amino-alcohol motifs (C(OH)–C–C–N with tert-alkyl or cyclic N) is 1. The van der Waals surface area contributed by atoms with Crippen molar-refractivity contribution in [3.05, 3.63) is 47.7 Å². The van der Waals surface area contributed by atoms with Gasteiger partial charge in [0, 0.05) is 31.3 Å². The molecular formula is C33H36F3N5O6. The van der Waals surface area contributed by atoms with Gasteiger partial charge in [-0.3, -0.25) is 9.88 Å². The van der Waals surface area contributed by atoms with Gasteiger partial charge in [0.05, 0.1) is 29.7 Å². The van der Waals surface area contributed by atoms with Crippen molar-refractivity contribution in [1.29, 1.82) is 0 Å². The quantitative estimate of drug-likeness (QED) is 0.200. The van der Waals surface area contributed by atoms with Crippen LogP contribution in [0.5, 0.6) is 11.8 Å². The molecule has 0 spiro atoms. The van der Waals surface area contributed by atoms with Gasteiger partial charge in [-0.25, -0.2) is 13.2 Å². The van der Waals surface area contributed by atoms with Gasteiger partial charge < -0.3 is 35.2 Å². The summed E-state index contributed by atoms with van der Waals surface area (Å²) in [7, 11) is 0. The molecule has 7 rings (SSSR count). The highest BCUT2D eigenvalue weighted by Crippen LogP contribution is 2.42. The number of phenols is 1. The molecule has 0 bridgehead atoms. The van der Waals surface area contributed by atoms with Gasteiger partial charge in [0.1, 0.15) is 53.6 Å². The Balaban J connectivity index is 1.41. The lowest BCUT2D eigenvalue weighted by Crippen LogP contribution is -2.63. The molecule has 14 heteroatoms. The van der Waals surface area contributed by atoms with E-state index in [1.165, 1.54) is 35.4 Å². The first-order valence-corrected chi connectivity index (χ1v) is 15.8. The number of hydrogen-bond donors (Lipinski definition) is 5. The number of aliphatic hydroxyl groups excluding tert-OH is 4. The summed E-state index contributed by atoms with van der Waals surface area (Å²) < 4.78 is 52.3. The average molecular weight is 656 g/mol. The van der Waals surface area contributed by atoms with Crippen molar-refractivity contribution in [1.82, 2.24) is 19.9 Å². The molecular weight excluding hydrogens is 619 g/mol. The van der Waals surface area contributed by atoms with Gasteiger partial charge in [-0.15, -0.1) is 0 Å². The number of fused-ring (bicyclic) bond motifs is 3. The molecule has 5 N–H and O–H groups in total. The van der Waals surface area contributed by atoms with Crippen LogP contribution >= 0.6 is 0 Å². The van der Waals surface area contributed by atoms with Gasteiger partial charge in [-0.2, -0.15) is 9.97 Å². The van der Waals surface area contributed by atoms with Crippen molar-refractivity contribution >= 4 is 27.5 Å². The topological polar surface area (TPSA) is 156 Å². The Morgan fingerprint density at radius 1 is 1.09 bits per heavy atom. The van der Waals surface area contributed by atoms with E-state index in [1.807, 2.05) is 4.90 Å². The van der Waals surface area contributed by atoms with E-state index in [4.69, 9.17) is 4.74 Å². The number of ether oxygens (including phenoxy) is 1. The minimum Gasteiger partial charge on any atom is -0.508 e. The first kappa shape index (κ1) is 31.8. The van der Waals surface area contributed by atoms with Crippen LogP contribution < -0.4 is 9.64 Å². The van der Waals surface area contributed by atoms with Gasteiger partial charge in [-0.1, -0.05) is 13.0 Å². The number of benzene rings is 2. The van der Waals surface area contributed by atoms with Crippen LogP contribution in [0.4, 0.5) is 19.0 Å². The fourth-order valence-electron chi connectivity index (χ4n) is 7.71. The molecule has 0 unspecified atom stereocenters. The maximum Gasteiger partial charge on any atom is 0.319 e. The third-order valence-electron chi connectivity index (χ3n) is 10.0. The molecule has 0 amide bonds. The summed E-state index contributed by atoms with van der Waals surface area (Å²) in [4.78, 5) is 16.7. The van der Waals surface area contributed by atoms with Crippen molar-refractivity contribution in [2.45, 2.75) is 68.7 Å². The second-order valence-electron chi connectivity index (χ2n) is 12.8. The number of nitrogens with zero attached hydrogens (tertiary/aromatic N) is 5. The average Bonchev–Trinajstić information content (AvgIpc) is 3.58. The standard InChI is InChI=1S/C33H36F3N5O6/c1-2-19-22(35)5-4-16-8-18(43)9-20(25(16)19)27-26(36)28-21(11-37-27)31(41-13-24(44)30(46)29(45)23(41)14-42)39-32(38-28)47-15-33-6-3-7-40(33)12-17(34)10-33/h4-5,8-9,11,17,23-24,29-30,42-46H,2-3,6-7,10,12-15H2,1H3/t17-,23-,24+,29-,30-,33+/m1/s1. The number of aryl methyl sites for hydroxylation is 1. The van der Waals surface area contributed by atoms with Crippen molar-refractivity contribution in [2.75, 3.05) is 37.7 Å². The highest BCUT2D eigenvalue weighted by molar-refractivity contribution is 6.01. The number of aliphatic hydroxyl groups is 4. The summed E-state index contributed by atoms with van der Waals surface area (Å²) in [6.45, 7) is 1.88. The first-order valence-electron chi connectivity index (χ1n) is 15.8. The maximum absolute atomic E-state index is 16.8. The zero-order chi connectivity index (χ0) is 33.2. The molecule has 2 aromatic heterocycles. The number of alkyl halides is 1. The molecule has 0 radical (unpaired) electrons. The number of pyridine rings is 1. The fraction of sp³-hybridized carbons (Fsp3) is 0.485. The van der Waals surface area contributed by atoms with Crippen LogP contribution in [0.25, 0.3) is 32.9 Å². The summed E-state index contributed by atoms with van der Waals surface area (Å²) in [6, 6.07) is 4.13. The predicted octanol–water partition coefficient (Wildman–Crippen LogP) is 2.61. The number of aromatic hydroxyl groups is 1. The molecule has 4 aromatic rings. The summed E-state index contributed by atoms with van der Waals surface area (Å²) in [5.41, 5.74) is -0.605. The van der Waals surface area contributed by atoms with Gasteiger partial charge in [-0.05, 0) is 60.3 Å². The van der Waals surface area contributed by atoms with E-state index in [2.05, 4.69) is 15.0 Å². The molecule has 47 heavy (non-hydrogen) atoms. The fourth-order valence-corrected chi connectivity index (χ4v) is 7.71. The molecule has 3 aliphatic heterocycles. The van der Waals surface area contributed by atoms with E-state index in [0.717, 1.165) is 13.0 Å². The molecule has 0 aliphatic carbocycles. The molecule has 3 aliphatic rings. The second kappa shape index (κ2) is 12.0. The number of rotatable bonds is 7. The number of anilines is 1. The van der Waals surface area contributed by atoms with Crippen molar-refractivity contribution in [3.8, 4) is 23.0 Å². The summed E-state index contributed by atoms with van der Waals surface area (Å²) >= 11 is 0. The molecule has 3 saturated heterocycles. The lowest BCUT2D eigenvalue weighted by Gasteiger charge is -2.44. The van der Waals surface area contributed by atoms with E-state index in [0.29, 0.717) is 29.3 Å². The Kier molecular flexibility index (Phi) is 8.12. The minimum absolute atomic E-state index is 0.0244. The van der Waals surface area contributed by atoms with Crippen molar-refractivity contribution in [2.24, 2.45) is 0 Å². The molecule has 250 valence electrons. The third-order valence-corrected chi connectivity index (χ3v) is 10.0. The molecule has 11 nitrogen and oxygen atoms in total. The van der Waals surface area contributed by atoms with E-state index in [1.54, 1.807) is 6.92 Å². The Morgan fingerprint density at radius 2 is 1.89 bits per heavy atom. The zero-order valence-electron chi connectivity index (χ0n) is 25.7. The smallest absolute Gasteiger partial charge is 0.319 e. The monoisotopic (exact) mass is 655 g/mol. The van der Waals surface area contributed by atoms with Crippen LogP contribution in [0.15, 0.2) is 30.5 Å². The highest BCUT2D eigenvalue weighted by atomic mass is 19.1. The first-order chi connectivity index (χ1) is 22.5. The molecule has 3 fully saturated rings. The number of phenolic OH excluding ortho intramolecular Hbond substituents is 1. The SMILES string of the molecule is CCc1c(F)ccc2cc(O)cc(-c3ncc4c(N5C[C@H](O)[C@@H](O)[C@H](O)[C@H]5CO)nc(OC[C@@]56CCCN5C[C@H](F)C6)nc4c3F)c12. The molecule has 5 heterocycles. The van der Waals surface area contributed by atoms with Crippen molar-refractivity contribution in [3.63, 3.8) is 0 Å². The second-order valence-corrected chi connectivity index (χ2v) is 12.8. The summed E-state index contributed by atoms with van der Waals surface area (Å²) in [6.07, 6.45) is -2.18. The van der Waals surface area contributed by atoms with Gasteiger partial charge in [0.15, 0.2) is 5.82 Å². The van der Waals surface area contributed by atoms with E-state index >= 15 is 4.39 Å². The number of piperidine rings is 1. The Morgan fingerprint density at radius 3 is 2.66 bits per heavy atom. The molecule has 0 saturated carbocycles. The summed E-state index contributed by atoms with van der Waals surface area (Å²) in [5.74, 6) is -1.63. The van der Waals surface area contributed by atoms with Crippen LogP contribution in [-0.2, 0) is 6.42 Å². The van der Waals surface area contributed by atoms with Crippen LogP contribution in [0.1, 0.15) is 31.7 Å². The number of halogens is 3. The van der Waals surface area contributed by atoms with Gasteiger partial charge in [0.2, 0.25) is 0 Å². The van der Waals surface area contributed by atoms with Crippen LogP contribution in [-0.4, -0.2) is 114 Å². The normalized spacial score (nSPS) is 28.0. The van der Waals surface area contributed by atoms with E-state index in [9.17, 15) is 34.3 Å². The number of aromatic nitrogens is 3. The van der Waals surface area contributed by atoms with E-state index < -0.39 is 54.3 Å². The number of hydrogen-bond acceptors (Lipinski definition) is 11. The highest BCUT2D eigenvalue weighted by Gasteiger charge is 2.49.